The summed E-state index contributed by atoms with van der Waals surface area (Å²) in [6, 6.07) is 10.3. The minimum atomic E-state index is -4.67. The maximum atomic E-state index is 13.9. The first kappa shape index (κ1) is 18.3. The second-order valence-corrected chi connectivity index (χ2v) is 6.50. The van der Waals surface area contributed by atoms with E-state index in [1.165, 1.54) is 43.3 Å². The molecule has 1 atom stereocenters. The molecule has 0 spiro atoms. The first-order valence-corrected chi connectivity index (χ1v) is 8.42. The van der Waals surface area contributed by atoms with Crippen molar-refractivity contribution in [2.24, 2.45) is 0 Å². The molecule has 1 aromatic heterocycles. The van der Waals surface area contributed by atoms with Gasteiger partial charge in [-0.3, -0.25) is 0 Å². The van der Waals surface area contributed by atoms with E-state index >= 15 is 0 Å². The molecular weight excluding hydrogens is 372 g/mol. The van der Waals surface area contributed by atoms with Gasteiger partial charge < -0.3 is 4.55 Å². The number of rotatable bonds is 3. The molecule has 0 saturated carbocycles. The second kappa shape index (κ2) is 6.65. The highest BCUT2D eigenvalue weighted by Crippen LogP contribution is 2.33. The molecular formula is C17H12F4N2O2S. The molecule has 1 unspecified atom stereocenters. The van der Waals surface area contributed by atoms with Gasteiger partial charge in [-0.1, -0.05) is 18.2 Å². The van der Waals surface area contributed by atoms with Crippen LogP contribution in [-0.4, -0.2) is 18.5 Å². The molecule has 26 heavy (non-hydrogen) atoms. The summed E-state index contributed by atoms with van der Waals surface area (Å²) in [4.78, 5) is 0.109. The Morgan fingerprint density at radius 1 is 1.08 bits per heavy atom. The Morgan fingerprint density at radius 2 is 1.73 bits per heavy atom. The third kappa shape index (κ3) is 3.54. The van der Waals surface area contributed by atoms with Crippen molar-refractivity contribution < 1.29 is 26.3 Å². The average Bonchev–Trinajstić information content (AvgIpc) is 3.03. The SMILES string of the molecule is Cc1ccc(-n2nc(C(F)(F)F)cc2-c2ccc(S(=O)O)cc2)cc1F. The highest BCUT2D eigenvalue weighted by atomic mass is 32.2. The molecule has 0 aliphatic rings. The Balaban J connectivity index is 2.18. The predicted octanol–water partition coefficient (Wildman–Crippen LogP) is 4.59. The van der Waals surface area contributed by atoms with Crippen molar-refractivity contribution in [1.29, 1.82) is 0 Å². The number of aryl methyl sites for hydroxylation is 1. The lowest BCUT2D eigenvalue weighted by Gasteiger charge is -2.09. The molecule has 2 aromatic carbocycles. The number of hydrogen-bond acceptors (Lipinski definition) is 2. The highest BCUT2D eigenvalue weighted by molar-refractivity contribution is 7.79. The van der Waals surface area contributed by atoms with Crippen LogP contribution in [0.5, 0.6) is 0 Å². The van der Waals surface area contributed by atoms with Crippen LogP contribution in [0.1, 0.15) is 11.3 Å². The molecule has 0 bridgehead atoms. The van der Waals surface area contributed by atoms with E-state index in [1.807, 2.05) is 0 Å². The summed E-state index contributed by atoms with van der Waals surface area (Å²) in [6.07, 6.45) is -4.67. The number of nitrogens with zero attached hydrogens (tertiary/aromatic N) is 2. The number of alkyl halides is 3. The van der Waals surface area contributed by atoms with Crippen LogP contribution in [0.25, 0.3) is 16.9 Å². The van der Waals surface area contributed by atoms with Crippen molar-refractivity contribution in [2.45, 2.75) is 18.0 Å². The van der Waals surface area contributed by atoms with Crippen molar-refractivity contribution in [2.75, 3.05) is 0 Å². The van der Waals surface area contributed by atoms with Crippen LogP contribution in [0.2, 0.25) is 0 Å². The Hall–Kier alpha value is -2.52. The molecule has 136 valence electrons. The fourth-order valence-corrected chi connectivity index (χ4v) is 2.75. The van der Waals surface area contributed by atoms with Gasteiger partial charge in [-0.25, -0.2) is 13.3 Å². The Bertz CT molecular complexity index is 981. The Labute approximate surface area is 148 Å². The van der Waals surface area contributed by atoms with Gasteiger partial charge in [0.25, 0.3) is 0 Å². The van der Waals surface area contributed by atoms with Gasteiger partial charge in [0.1, 0.15) is 5.82 Å². The average molecular weight is 384 g/mol. The summed E-state index contributed by atoms with van der Waals surface area (Å²) in [7, 11) is 0. The summed E-state index contributed by atoms with van der Waals surface area (Å²) < 4.78 is 74.3. The fraction of sp³-hybridized carbons (Fsp3) is 0.118. The zero-order chi connectivity index (χ0) is 19.1. The first-order valence-electron chi connectivity index (χ1n) is 7.32. The number of halogens is 4. The van der Waals surface area contributed by atoms with Gasteiger partial charge in [-0.15, -0.1) is 0 Å². The third-order valence-corrected chi connectivity index (χ3v) is 4.43. The molecule has 1 heterocycles. The monoisotopic (exact) mass is 384 g/mol. The summed E-state index contributed by atoms with van der Waals surface area (Å²) in [6.45, 7) is 1.54. The van der Waals surface area contributed by atoms with Gasteiger partial charge in [0.15, 0.2) is 16.8 Å². The molecule has 1 N–H and O–H groups in total. The van der Waals surface area contributed by atoms with Crippen LogP contribution >= 0.6 is 0 Å². The van der Waals surface area contributed by atoms with Crippen molar-refractivity contribution in [3.8, 4) is 16.9 Å². The largest absolute Gasteiger partial charge is 0.435 e. The van der Waals surface area contributed by atoms with Crippen LogP contribution in [0, 0.1) is 12.7 Å². The predicted molar refractivity (Wildman–Crippen MR) is 87.7 cm³/mol. The van der Waals surface area contributed by atoms with Gasteiger partial charge >= 0.3 is 6.18 Å². The maximum Gasteiger partial charge on any atom is 0.435 e. The van der Waals surface area contributed by atoms with E-state index in [9.17, 15) is 21.8 Å². The van der Waals surface area contributed by atoms with Crippen molar-refractivity contribution in [3.05, 3.63) is 65.6 Å². The van der Waals surface area contributed by atoms with E-state index in [2.05, 4.69) is 5.10 Å². The molecule has 9 heteroatoms. The molecule has 0 saturated heterocycles. The van der Waals surface area contributed by atoms with E-state index in [0.717, 1.165) is 16.8 Å². The normalized spacial score (nSPS) is 13.0. The molecule has 0 fully saturated rings. The van der Waals surface area contributed by atoms with Crippen molar-refractivity contribution >= 4 is 11.1 Å². The van der Waals surface area contributed by atoms with Crippen LogP contribution < -0.4 is 0 Å². The summed E-state index contributed by atoms with van der Waals surface area (Å²) in [5.41, 5.74) is -0.219. The van der Waals surface area contributed by atoms with Gasteiger partial charge in [0.2, 0.25) is 0 Å². The molecule has 0 aliphatic carbocycles. The van der Waals surface area contributed by atoms with E-state index in [1.54, 1.807) is 0 Å². The van der Waals surface area contributed by atoms with Gasteiger partial charge in [-0.2, -0.15) is 18.3 Å². The van der Waals surface area contributed by atoms with Gasteiger partial charge in [0, 0.05) is 5.56 Å². The molecule has 0 aliphatic heterocycles. The summed E-state index contributed by atoms with van der Waals surface area (Å²) >= 11 is -2.20. The molecule has 4 nitrogen and oxygen atoms in total. The second-order valence-electron chi connectivity index (χ2n) is 5.53. The van der Waals surface area contributed by atoms with Crippen LogP contribution in [0.3, 0.4) is 0 Å². The van der Waals surface area contributed by atoms with Crippen LogP contribution in [0.4, 0.5) is 17.6 Å². The lowest BCUT2D eigenvalue weighted by Crippen LogP contribution is -2.07. The van der Waals surface area contributed by atoms with E-state index < -0.39 is 28.8 Å². The van der Waals surface area contributed by atoms with Crippen molar-refractivity contribution in [1.82, 2.24) is 9.78 Å². The zero-order valence-electron chi connectivity index (χ0n) is 13.3. The minimum absolute atomic E-state index is 0.0795. The standard InChI is InChI=1S/C17H12F4N2O2S/c1-10-2-5-12(8-14(10)18)23-15(9-16(22-23)17(19,20)21)11-3-6-13(7-4-11)26(24)25/h2-9H,1H3,(H,24,25). The number of hydrogen-bond donors (Lipinski definition) is 1. The zero-order valence-corrected chi connectivity index (χ0v) is 14.1. The fourth-order valence-electron chi connectivity index (χ4n) is 2.38. The third-order valence-electron chi connectivity index (χ3n) is 3.75. The molecule has 0 radical (unpaired) electrons. The number of benzene rings is 2. The molecule has 3 aromatic rings. The maximum absolute atomic E-state index is 13.9. The molecule has 3 rings (SSSR count). The minimum Gasteiger partial charge on any atom is -0.302 e. The molecule has 0 amide bonds. The summed E-state index contributed by atoms with van der Waals surface area (Å²) in [5.74, 6) is -0.566. The van der Waals surface area contributed by atoms with Crippen LogP contribution in [-0.2, 0) is 17.3 Å². The first-order chi connectivity index (χ1) is 12.2. The number of aromatic nitrogens is 2. The Kier molecular flexibility index (Phi) is 4.68. The van der Waals surface area contributed by atoms with Crippen molar-refractivity contribution in [3.63, 3.8) is 0 Å². The van der Waals surface area contributed by atoms with Gasteiger partial charge in [-0.05, 0) is 42.8 Å². The summed E-state index contributed by atoms with van der Waals surface area (Å²) in [5, 5.41) is 3.57. The van der Waals surface area contributed by atoms with E-state index in [4.69, 9.17) is 4.55 Å². The lowest BCUT2D eigenvalue weighted by molar-refractivity contribution is -0.141. The van der Waals surface area contributed by atoms with Gasteiger partial charge in [0.05, 0.1) is 16.3 Å². The van der Waals surface area contributed by atoms with E-state index in [0.29, 0.717) is 11.1 Å². The highest BCUT2D eigenvalue weighted by Gasteiger charge is 2.35. The lowest BCUT2D eigenvalue weighted by atomic mass is 10.1. The smallest absolute Gasteiger partial charge is 0.302 e. The quantitative estimate of drug-likeness (QED) is 0.531. The van der Waals surface area contributed by atoms with Crippen LogP contribution in [0.15, 0.2) is 53.4 Å². The van der Waals surface area contributed by atoms with E-state index in [-0.39, 0.29) is 16.3 Å². The topological polar surface area (TPSA) is 55.1 Å². The Morgan fingerprint density at radius 3 is 2.27 bits per heavy atom.